The summed E-state index contributed by atoms with van der Waals surface area (Å²) < 4.78 is 7.22. The third-order valence-corrected chi connectivity index (χ3v) is 3.38. The molecule has 0 aliphatic carbocycles. The van der Waals surface area contributed by atoms with Gasteiger partial charge in [0.15, 0.2) is 0 Å². The van der Waals surface area contributed by atoms with Crippen LogP contribution < -0.4 is 11.3 Å². The Kier molecular flexibility index (Phi) is 3.45. The Labute approximate surface area is 119 Å². The van der Waals surface area contributed by atoms with Gasteiger partial charge in [-0.05, 0) is 0 Å². The number of H-pyrrole nitrogens is 1. The number of hydrogen-bond acceptors (Lipinski definition) is 7. The van der Waals surface area contributed by atoms with Crippen LogP contribution >= 0.6 is 0 Å². The summed E-state index contributed by atoms with van der Waals surface area (Å²) in [6.45, 7) is -0.266. The van der Waals surface area contributed by atoms with E-state index in [1.807, 2.05) is 0 Å². The van der Waals surface area contributed by atoms with E-state index in [1.165, 1.54) is 18.6 Å². The summed E-state index contributed by atoms with van der Waals surface area (Å²) in [5.74, 6) is 0.00543. The van der Waals surface area contributed by atoms with Crippen LogP contribution in [0.5, 0.6) is 0 Å². The highest BCUT2D eigenvalue weighted by molar-refractivity contribution is 5.54. The van der Waals surface area contributed by atoms with Crippen LogP contribution in [0.3, 0.4) is 0 Å². The van der Waals surface area contributed by atoms with Crippen LogP contribution in [0, 0.1) is 0 Å². The molecule has 0 unspecified atom stereocenters. The monoisotopic (exact) mass is 293 g/mol. The number of nitrogens with zero attached hydrogens (tertiary/aromatic N) is 3. The van der Waals surface area contributed by atoms with Crippen molar-refractivity contribution in [3.05, 3.63) is 28.9 Å². The van der Waals surface area contributed by atoms with Crippen molar-refractivity contribution in [1.29, 1.82) is 0 Å². The molecule has 3 rings (SSSR count). The summed E-state index contributed by atoms with van der Waals surface area (Å²) >= 11 is 0. The number of nitrogen functional groups attached to an aromatic ring is 1. The molecule has 0 bridgehead atoms. The van der Waals surface area contributed by atoms with Gasteiger partial charge < -0.3 is 25.3 Å². The summed E-state index contributed by atoms with van der Waals surface area (Å²) in [6, 6.07) is 1.30. The first-order chi connectivity index (χ1) is 10.1. The fraction of sp³-hybridized carbons (Fsp3) is 0.417. The summed E-state index contributed by atoms with van der Waals surface area (Å²) in [7, 11) is 0. The summed E-state index contributed by atoms with van der Waals surface area (Å²) in [5.41, 5.74) is 6.07. The highest BCUT2D eigenvalue weighted by Gasteiger charge is 2.35. The number of imidazole rings is 1. The van der Waals surface area contributed by atoms with Crippen LogP contribution in [0.25, 0.3) is 11.4 Å². The highest BCUT2D eigenvalue weighted by Crippen LogP contribution is 2.31. The number of rotatable bonds is 3. The van der Waals surface area contributed by atoms with Gasteiger partial charge in [0.05, 0.1) is 36.6 Å². The number of aliphatic hydroxyl groups is 2. The SMILES string of the molecule is Nc1nc(-c2cncn2[C@H]2C[C@H](O)[C@@H](CO)O2)cc(=O)[nH]1. The molecule has 3 heterocycles. The number of aromatic nitrogens is 4. The molecule has 0 radical (unpaired) electrons. The average Bonchev–Trinajstić information content (AvgIpc) is 3.03. The smallest absolute Gasteiger partial charge is 0.252 e. The number of aromatic amines is 1. The predicted molar refractivity (Wildman–Crippen MR) is 72.1 cm³/mol. The normalized spacial score (nSPS) is 25.3. The van der Waals surface area contributed by atoms with Gasteiger partial charge in [-0.2, -0.15) is 0 Å². The molecule has 0 aromatic carbocycles. The van der Waals surface area contributed by atoms with Gasteiger partial charge in [0.1, 0.15) is 12.3 Å². The second kappa shape index (κ2) is 5.28. The Morgan fingerprint density at radius 2 is 2.38 bits per heavy atom. The fourth-order valence-electron chi connectivity index (χ4n) is 2.39. The summed E-state index contributed by atoms with van der Waals surface area (Å²) in [5, 5.41) is 18.9. The number of anilines is 1. The van der Waals surface area contributed by atoms with E-state index in [4.69, 9.17) is 15.6 Å². The molecule has 0 amide bonds. The number of nitrogens with two attached hydrogens (primary N) is 1. The molecule has 21 heavy (non-hydrogen) atoms. The zero-order valence-electron chi connectivity index (χ0n) is 11.0. The van der Waals surface area contributed by atoms with Gasteiger partial charge in [0.2, 0.25) is 5.95 Å². The molecule has 112 valence electrons. The zero-order valence-corrected chi connectivity index (χ0v) is 11.0. The maximum atomic E-state index is 11.5. The van der Waals surface area contributed by atoms with Crippen molar-refractivity contribution in [3.63, 3.8) is 0 Å². The first-order valence-electron chi connectivity index (χ1n) is 6.42. The molecule has 5 N–H and O–H groups in total. The van der Waals surface area contributed by atoms with E-state index in [0.29, 0.717) is 17.8 Å². The number of hydrogen-bond donors (Lipinski definition) is 4. The van der Waals surface area contributed by atoms with Gasteiger partial charge in [-0.15, -0.1) is 0 Å². The lowest BCUT2D eigenvalue weighted by atomic mass is 10.2. The first kappa shape index (κ1) is 13.7. The molecule has 1 aliphatic rings. The van der Waals surface area contributed by atoms with Crippen LogP contribution in [-0.4, -0.2) is 48.5 Å². The van der Waals surface area contributed by atoms with E-state index in [9.17, 15) is 9.90 Å². The molecule has 9 nitrogen and oxygen atoms in total. The first-order valence-corrected chi connectivity index (χ1v) is 6.42. The maximum Gasteiger partial charge on any atom is 0.252 e. The third-order valence-electron chi connectivity index (χ3n) is 3.38. The lowest BCUT2D eigenvalue weighted by Gasteiger charge is -2.15. The molecule has 2 aromatic rings. The molecule has 2 aromatic heterocycles. The zero-order chi connectivity index (χ0) is 15.0. The molecule has 0 spiro atoms. The summed E-state index contributed by atoms with van der Waals surface area (Å²) in [6.07, 6.45) is 1.48. The molecule has 1 fully saturated rings. The third kappa shape index (κ3) is 2.53. The Morgan fingerprint density at radius 3 is 3.05 bits per heavy atom. The van der Waals surface area contributed by atoms with Crippen molar-refractivity contribution in [2.75, 3.05) is 12.3 Å². The minimum atomic E-state index is -0.757. The molecular formula is C12H15N5O4. The van der Waals surface area contributed by atoms with E-state index in [1.54, 1.807) is 4.57 Å². The van der Waals surface area contributed by atoms with Crippen molar-refractivity contribution in [2.24, 2.45) is 0 Å². The van der Waals surface area contributed by atoms with Gasteiger partial charge in [0.25, 0.3) is 5.56 Å². The molecule has 9 heteroatoms. The van der Waals surface area contributed by atoms with E-state index in [-0.39, 0.29) is 18.1 Å². The van der Waals surface area contributed by atoms with Crippen molar-refractivity contribution >= 4 is 5.95 Å². The average molecular weight is 293 g/mol. The van der Waals surface area contributed by atoms with Crippen molar-refractivity contribution in [1.82, 2.24) is 19.5 Å². The maximum absolute atomic E-state index is 11.5. The van der Waals surface area contributed by atoms with Crippen LogP contribution in [0.4, 0.5) is 5.95 Å². The van der Waals surface area contributed by atoms with Crippen molar-refractivity contribution < 1.29 is 14.9 Å². The van der Waals surface area contributed by atoms with Gasteiger partial charge in [-0.1, -0.05) is 0 Å². The standard InChI is InChI=1S/C12H15N5O4/c13-12-15-6(1-10(20)16-12)7-3-14-5-17(7)11-2-8(19)9(4-18)21-11/h1,3,5,8-9,11,18-19H,2,4H2,(H3,13,15,16,20)/t8-,9+,11+/m0/s1. The Balaban J connectivity index is 1.96. The van der Waals surface area contributed by atoms with Crippen LogP contribution in [-0.2, 0) is 4.74 Å². The Bertz CT molecular complexity index is 697. The van der Waals surface area contributed by atoms with Gasteiger partial charge in [-0.25, -0.2) is 9.97 Å². The van der Waals surface area contributed by atoms with E-state index < -0.39 is 18.4 Å². The molecule has 1 saturated heterocycles. The van der Waals surface area contributed by atoms with E-state index in [2.05, 4.69) is 15.0 Å². The van der Waals surface area contributed by atoms with Crippen molar-refractivity contribution in [2.45, 2.75) is 24.9 Å². The lowest BCUT2D eigenvalue weighted by Crippen LogP contribution is -2.24. The molecule has 3 atom stereocenters. The predicted octanol–water partition coefficient (Wildman–Crippen LogP) is -1.14. The van der Waals surface area contributed by atoms with Crippen molar-refractivity contribution in [3.8, 4) is 11.4 Å². The second-order valence-corrected chi connectivity index (χ2v) is 4.82. The highest BCUT2D eigenvalue weighted by atomic mass is 16.5. The Morgan fingerprint density at radius 1 is 1.57 bits per heavy atom. The fourth-order valence-corrected chi connectivity index (χ4v) is 2.39. The van der Waals surface area contributed by atoms with Gasteiger partial charge >= 0.3 is 0 Å². The number of nitrogens with one attached hydrogen (secondary N) is 1. The van der Waals surface area contributed by atoms with Crippen LogP contribution in [0.15, 0.2) is 23.4 Å². The number of ether oxygens (including phenoxy) is 1. The Hall–Kier alpha value is -2.23. The summed E-state index contributed by atoms with van der Waals surface area (Å²) in [4.78, 5) is 21.9. The second-order valence-electron chi connectivity index (χ2n) is 4.82. The topological polar surface area (TPSA) is 139 Å². The number of aliphatic hydroxyl groups excluding tert-OH is 2. The minimum absolute atomic E-state index is 0.00543. The molecule has 1 aliphatic heterocycles. The van der Waals surface area contributed by atoms with E-state index >= 15 is 0 Å². The lowest BCUT2D eigenvalue weighted by molar-refractivity contribution is -0.0438. The van der Waals surface area contributed by atoms with Crippen LogP contribution in [0.2, 0.25) is 0 Å². The minimum Gasteiger partial charge on any atom is -0.394 e. The van der Waals surface area contributed by atoms with E-state index in [0.717, 1.165) is 0 Å². The quantitative estimate of drug-likeness (QED) is 0.560. The molecular weight excluding hydrogens is 278 g/mol. The largest absolute Gasteiger partial charge is 0.394 e. The molecule has 0 saturated carbocycles. The van der Waals surface area contributed by atoms with Gasteiger partial charge in [0, 0.05) is 12.5 Å². The van der Waals surface area contributed by atoms with Crippen LogP contribution in [0.1, 0.15) is 12.6 Å². The van der Waals surface area contributed by atoms with Gasteiger partial charge in [-0.3, -0.25) is 9.78 Å².